The second-order valence-corrected chi connectivity index (χ2v) is 1.71. The molecular formula is C4H3ClF2N2. The minimum atomic E-state index is -0.715. The highest BCUT2D eigenvalue weighted by Crippen LogP contribution is 2.06. The molecule has 0 saturated carbocycles. The van der Waals surface area contributed by atoms with Crippen molar-refractivity contribution < 1.29 is 8.87 Å². The Labute approximate surface area is 55.0 Å². The van der Waals surface area contributed by atoms with E-state index in [4.69, 9.17) is 11.6 Å². The first-order valence-corrected chi connectivity index (χ1v) is 2.73. The van der Waals surface area contributed by atoms with Gasteiger partial charge in [-0.15, -0.1) is 16.7 Å². The normalized spacial score (nSPS) is 10.1. The average Bonchev–Trinajstić information content (AvgIpc) is 2.10. The fourth-order valence-electron chi connectivity index (χ4n) is 0.451. The Morgan fingerprint density at radius 2 is 2.44 bits per heavy atom. The van der Waals surface area contributed by atoms with Gasteiger partial charge >= 0.3 is 0 Å². The first kappa shape index (κ1) is 6.48. The van der Waals surface area contributed by atoms with Crippen molar-refractivity contribution in [2.75, 3.05) is 0 Å². The van der Waals surface area contributed by atoms with Crippen molar-refractivity contribution in [2.24, 2.45) is 0 Å². The predicted octanol–water partition coefficient (Wildman–Crippen LogP) is 1.49. The molecule has 0 saturated heterocycles. The molecule has 1 heterocycles. The van der Waals surface area contributed by atoms with Crippen LogP contribution in [0.25, 0.3) is 0 Å². The molecule has 0 aliphatic rings. The topological polar surface area (TPSA) is 17.8 Å². The molecule has 1 rings (SSSR count). The van der Waals surface area contributed by atoms with Crippen molar-refractivity contribution in [1.29, 1.82) is 0 Å². The molecule has 9 heavy (non-hydrogen) atoms. The van der Waals surface area contributed by atoms with Gasteiger partial charge in [0.25, 0.3) is 0 Å². The Balaban J connectivity index is 3.01. The van der Waals surface area contributed by atoms with Gasteiger partial charge in [0.2, 0.25) is 0 Å². The van der Waals surface area contributed by atoms with Crippen molar-refractivity contribution in [2.45, 2.75) is 5.88 Å². The van der Waals surface area contributed by atoms with E-state index in [1.165, 1.54) is 0 Å². The molecule has 0 atom stereocenters. The number of alkyl halides is 1. The van der Waals surface area contributed by atoms with Gasteiger partial charge in [0.15, 0.2) is 5.82 Å². The van der Waals surface area contributed by atoms with Crippen molar-refractivity contribution in [3.63, 3.8) is 0 Å². The Bertz CT molecular complexity index is 210. The first-order valence-electron chi connectivity index (χ1n) is 2.20. The summed E-state index contributed by atoms with van der Waals surface area (Å²) in [7, 11) is 0. The standard InChI is InChI=1S/C4H3ClF2N2/c5-1-4-3(6)2-9(7)8-4/h2H,1H2. The van der Waals surface area contributed by atoms with E-state index < -0.39 is 5.82 Å². The Kier molecular flexibility index (Phi) is 1.66. The summed E-state index contributed by atoms with van der Waals surface area (Å²) in [6.07, 6.45) is 0.623. The molecule has 5 heteroatoms. The number of nitrogens with zero attached hydrogens (tertiary/aromatic N) is 2. The molecule has 0 bridgehead atoms. The minimum Gasteiger partial charge on any atom is -0.203 e. The molecule has 0 aromatic carbocycles. The van der Waals surface area contributed by atoms with Gasteiger partial charge in [-0.1, -0.05) is 9.39 Å². The van der Waals surface area contributed by atoms with E-state index in [2.05, 4.69) is 5.10 Å². The van der Waals surface area contributed by atoms with E-state index in [0.717, 1.165) is 0 Å². The predicted molar refractivity (Wildman–Crippen MR) is 28.2 cm³/mol. The van der Waals surface area contributed by atoms with E-state index in [0.29, 0.717) is 6.20 Å². The van der Waals surface area contributed by atoms with Gasteiger partial charge in [-0.2, -0.15) is 0 Å². The fourth-order valence-corrected chi connectivity index (χ4v) is 0.632. The zero-order valence-corrected chi connectivity index (χ0v) is 5.07. The monoisotopic (exact) mass is 152 g/mol. The Morgan fingerprint density at radius 3 is 2.67 bits per heavy atom. The lowest BCUT2D eigenvalue weighted by Crippen LogP contribution is -1.83. The van der Waals surface area contributed by atoms with Crippen LogP contribution in [0, 0.1) is 5.82 Å². The Morgan fingerprint density at radius 1 is 1.78 bits per heavy atom. The smallest absolute Gasteiger partial charge is 0.168 e. The largest absolute Gasteiger partial charge is 0.203 e. The highest BCUT2D eigenvalue weighted by atomic mass is 35.5. The molecule has 0 spiro atoms. The van der Waals surface area contributed by atoms with E-state index >= 15 is 0 Å². The third-order valence-corrected chi connectivity index (χ3v) is 1.09. The van der Waals surface area contributed by atoms with Crippen LogP contribution in [0.15, 0.2) is 6.20 Å². The van der Waals surface area contributed by atoms with Gasteiger partial charge in [0.1, 0.15) is 5.69 Å². The number of hydrogen-bond donors (Lipinski definition) is 0. The van der Waals surface area contributed by atoms with Crippen LogP contribution in [0.4, 0.5) is 8.87 Å². The van der Waals surface area contributed by atoms with Crippen molar-refractivity contribution in [3.8, 4) is 0 Å². The van der Waals surface area contributed by atoms with Crippen LogP contribution in [0.1, 0.15) is 5.69 Å². The maximum Gasteiger partial charge on any atom is 0.168 e. The van der Waals surface area contributed by atoms with Crippen molar-refractivity contribution >= 4 is 11.6 Å². The minimum absolute atomic E-state index is 0.0702. The Hall–Kier alpha value is -0.640. The van der Waals surface area contributed by atoms with Gasteiger partial charge in [-0.3, -0.25) is 0 Å². The van der Waals surface area contributed by atoms with Crippen LogP contribution in [-0.4, -0.2) is 10.0 Å². The second kappa shape index (κ2) is 2.31. The summed E-state index contributed by atoms with van der Waals surface area (Å²) in [5.41, 5.74) is -0.0702. The lowest BCUT2D eigenvalue weighted by Gasteiger charge is -1.80. The fraction of sp³-hybridized carbons (Fsp3) is 0.250. The van der Waals surface area contributed by atoms with E-state index in [1.807, 2.05) is 0 Å². The van der Waals surface area contributed by atoms with Gasteiger partial charge < -0.3 is 0 Å². The summed E-state index contributed by atoms with van der Waals surface area (Å²) in [5.74, 6) is -0.824. The summed E-state index contributed by atoms with van der Waals surface area (Å²) < 4.78 is 24.1. The number of halogens is 3. The van der Waals surface area contributed by atoms with E-state index in [9.17, 15) is 8.87 Å². The third-order valence-electron chi connectivity index (χ3n) is 0.838. The lowest BCUT2D eigenvalue weighted by molar-refractivity contribution is 0.313. The van der Waals surface area contributed by atoms with Crippen LogP contribution in [0.2, 0.25) is 0 Å². The summed E-state index contributed by atoms with van der Waals surface area (Å²) in [5, 5.41) is 3.07. The molecule has 0 radical (unpaired) electrons. The summed E-state index contributed by atoms with van der Waals surface area (Å²) in [6, 6.07) is 0. The van der Waals surface area contributed by atoms with Gasteiger partial charge in [-0.05, 0) is 0 Å². The molecule has 1 aromatic rings. The summed E-state index contributed by atoms with van der Waals surface area (Å²) in [4.78, 5) is -0.104. The first-order chi connectivity index (χ1) is 4.24. The average molecular weight is 153 g/mol. The zero-order chi connectivity index (χ0) is 6.85. The van der Waals surface area contributed by atoms with Crippen molar-refractivity contribution in [3.05, 3.63) is 17.7 Å². The van der Waals surface area contributed by atoms with Crippen molar-refractivity contribution in [1.82, 2.24) is 10.0 Å². The molecule has 0 aliphatic carbocycles. The highest BCUT2D eigenvalue weighted by Gasteiger charge is 2.05. The van der Waals surface area contributed by atoms with Crippen LogP contribution in [0.3, 0.4) is 0 Å². The molecule has 0 amide bonds. The van der Waals surface area contributed by atoms with Gasteiger partial charge in [-0.25, -0.2) is 4.39 Å². The zero-order valence-electron chi connectivity index (χ0n) is 4.31. The molecule has 0 unspecified atom stereocenters. The molecule has 1 aromatic heterocycles. The summed E-state index contributed by atoms with van der Waals surface area (Å²) in [6.45, 7) is 0. The van der Waals surface area contributed by atoms with Crippen LogP contribution in [-0.2, 0) is 5.88 Å². The summed E-state index contributed by atoms with van der Waals surface area (Å²) >= 11 is 5.16. The molecule has 0 fully saturated rings. The quantitative estimate of drug-likeness (QED) is 0.558. The number of hydrogen-bond acceptors (Lipinski definition) is 1. The third kappa shape index (κ3) is 1.18. The van der Waals surface area contributed by atoms with Crippen LogP contribution >= 0.6 is 11.6 Å². The molecule has 0 aliphatic heterocycles. The lowest BCUT2D eigenvalue weighted by atomic mass is 10.5. The molecule has 2 nitrogen and oxygen atoms in total. The molecule has 0 N–H and O–H groups in total. The maximum absolute atomic E-state index is 12.2. The molecular weight excluding hydrogens is 150 g/mol. The second-order valence-electron chi connectivity index (χ2n) is 1.45. The molecule has 50 valence electrons. The van der Waals surface area contributed by atoms with Gasteiger partial charge in [0.05, 0.1) is 12.1 Å². The number of rotatable bonds is 1. The van der Waals surface area contributed by atoms with Crippen LogP contribution < -0.4 is 0 Å². The highest BCUT2D eigenvalue weighted by molar-refractivity contribution is 6.16. The van der Waals surface area contributed by atoms with E-state index in [-0.39, 0.29) is 16.5 Å². The van der Waals surface area contributed by atoms with Crippen LogP contribution in [0.5, 0.6) is 0 Å². The van der Waals surface area contributed by atoms with E-state index in [1.54, 1.807) is 0 Å². The SMILES string of the molecule is Fc1cn(F)nc1CCl. The maximum atomic E-state index is 12.2. The van der Waals surface area contributed by atoms with Gasteiger partial charge in [0, 0.05) is 0 Å². The number of aromatic nitrogens is 2.